The fraction of sp³-hybridized carbons (Fsp3) is 0.222. The number of halogens is 1. The van der Waals surface area contributed by atoms with Gasteiger partial charge in [0.25, 0.3) is 0 Å². The number of Topliss-reactive ketones (excluding diaryl/α,β-unsaturated/α-hetero) is 1. The molecule has 0 amide bonds. The predicted octanol–water partition coefficient (Wildman–Crippen LogP) is 3.05. The number of benzene rings is 2. The minimum atomic E-state index is -3.32. The summed E-state index contributed by atoms with van der Waals surface area (Å²) in [7, 11) is -3.32. The summed E-state index contributed by atoms with van der Waals surface area (Å²) in [6.45, 7) is 0.0552. The lowest BCUT2D eigenvalue weighted by atomic mass is 10.1. The highest BCUT2D eigenvalue weighted by molar-refractivity contribution is 7.90. The zero-order valence-corrected chi connectivity index (χ0v) is 14.4. The van der Waals surface area contributed by atoms with Gasteiger partial charge in [-0.25, -0.2) is 17.6 Å². The quantitative estimate of drug-likeness (QED) is 0.429. The summed E-state index contributed by atoms with van der Waals surface area (Å²) in [5.74, 6) is -1.16. The summed E-state index contributed by atoms with van der Waals surface area (Å²) in [6, 6.07) is 10.7. The van der Waals surface area contributed by atoms with E-state index in [-0.39, 0.29) is 29.3 Å². The van der Waals surface area contributed by atoms with E-state index in [1.165, 1.54) is 48.5 Å². The number of ether oxygens (including phenoxy) is 1. The van der Waals surface area contributed by atoms with E-state index in [0.29, 0.717) is 12.0 Å². The number of hydrogen-bond acceptors (Lipinski definition) is 5. The normalized spacial score (nSPS) is 11.1. The topological polar surface area (TPSA) is 77.5 Å². The Bertz CT molecular complexity index is 855. The first-order valence-electron chi connectivity index (χ1n) is 7.53. The van der Waals surface area contributed by atoms with Crippen LogP contribution in [0.15, 0.2) is 53.4 Å². The number of carbonyl (C=O) groups is 2. The van der Waals surface area contributed by atoms with Gasteiger partial charge in [-0.05, 0) is 55.0 Å². The van der Waals surface area contributed by atoms with Crippen LogP contribution in [0.25, 0.3) is 0 Å². The standard InChI is InChI=1S/C18H17FO5S/c1-25(22,23)16-10-6-14(7-11-16)18(21)24-12-2-3-17(20)13-4-8-15(19)9-5-13/h4-11H,2-3,12H2,1H3. The lowest BCUT2D eigenvalue weighted by Gasteiger charge is -2.05. The highest BCUT2D eigenvalue weighted by Crippen LogP contribution is 2.12. The maximum atomic E-state index is 12.8. The maximum Gasteiger partial charge on any atom is 0.338 e. The molecule has 0 unspecified atom stereocenters. The van der Waals surface area contributed by atoms with Crippen molar-refractivity contribution in [2.24, 2.45) is 0 Å². The fourth-order valence-corrected chi connectivity index (χ4v) is 2.73. The molecular formula is C18H17FO5S. The molecule has 0 radical (unpaired) electrons. The van der Waals surface area contributed by atoms with Gasteiger partial charge in [-0.1, -0.05) is 0 Å². The fourth-order valence-electron chi connectivity index (χ4n) is 2.10. The van der Waals surface area contributed by atoms with Crippen molar-refractivity contribution < 1.29 is 27.1 Å². The van der Waals surface area contributed by atoms with Crippen molar-refractivity contribution in [3.05, 3.63) is 65.5 Å². The molecule has 2 aromatic carbocycles. The molecule has 0 aliphatic carbocycles. The molecule has 2 aromatic rings. The van der Waals surface area contributed by atoms with Crippen LogP contribution in [0.3, 0.4) is 0 Å². The van der Waals surface area contributed by atoms with Crippen LogP contribution in [0, 0.1) is 5.82 Å². The molecule has 0 aliphatic heterocycles. The molecule has 132 valence electrons. The van der Waals surface area contributed by atoms with E-state index >= 15 is 0 Å². The second-order valence-corrected chi connectivity index (χ2v) is 7.48. The van der Waals surface area contributed by atoms with Gasteiger partial charge in [0.2, 0.25) is 0 Å². The zero-order valence-electron chi connectivity index (χ0n) is 13.6. The number of ketones is 1. The van der Waals surface area contributed by atoms with Gasteiger partial charge in [-0.3, -0.25) is 4.79 Å². The average Bonchev–Trinajstić information content (AvgIpc) is 2.58. The Morgan fingerprint density at radius 3 is 2.08 bits per heavy atom. The lowest BCUT2D eigenvalue weighted by molar-refractivity contribution is 0.0494. The molecule has 7 heteroatoms. The van der Waals surface area contributed by atoms with Crippen molar-refractivity contribution >= 4 is 21.6 Å². The number of carbonyl (C=O) groups excluding carboxylic acids is 2. The highest BCUT2D eigenvalue weighted by atomic mass is 32.2. The van der Waals surface area contributed by atoms with Gasteiger partial charge in [-0.15, -0.1) is 0 Å². The molecule has 0 atom stereocenters. The molecule has 0 bridgehead atoms. The summed E-state index contributed by atoms with van der Waals surface area (Å²) >= 11 is 0. The summed E-state index contributed by atoms with van der Waals surface area (Å²) < 4.78 is 40.6. The van der Waals surface area contributed by atoms with Gasteiger partial charge in [0.05, 0.1) is 17.1 Å². The van der Waals surface area contributed by atoms with Crippen LogP contribution in [0.2, 0.25) is 0 Å². The van der Waals surface area contributed by atoms with E-state index < -0.39 is 21.6 Å². The Labute approximate surface area is 145 Å². The summed E-state index contributed by atoms with van der Waals surface area (Å²) in [5, 5.41) is 0. The van der Waals surface area contributed by atoms with Crippen LogP contribution in [0.5, 0.6) is 0 Å². The highest BCUT2D eigenvalue weighted by Gasteiger charge is 2.11. The van der Waals surface area contributed by atoms with Crippen molar-refractivity contribution in [2.75, 3.05) is 12.9 Å². The third-order valence-electron chi connectivity index (χ3n) is 3.47. The molecule has 0 fully saturated rings. The number of rotatable bonds is 7. The lowest BCUT2D eigenvalue weighted by Crippen LogP contribution is -2.08. The minimum Gasteiger partial charge on any atom is -0.462 e. The second-order valence-electron chi connectivity index (χ2n) is 5.47. The van der Waals surface area contributed by atoms with Gasteiger partial charge < -0.3 is 4.74 Å². The van der Waals surface area contributed by atoms with E-state index in [9.17, 15) is 22.4 Å². The van der Waals surface area contributed by atoms with Crippen molar-refractivity contribution in [2.45, 2.75) is 17.7 Å². The van der Waals surface area contributed by atoms with E-state index in [1.807, 2.05) is 0 Å². The van der Waals surface area contributed by atoms with Crippen LogP contribution in [-0.4, -0.2) is 33.0 Å². The monoisotopic (exact) mass is 364 g/mol. The number of esters is 1. The number of hydrogen-bond donors (Lipinski definition) is 0. The molecule has 2 rings (SSSR count). The van der Waals surface area contributed by atoms with Crippen LogP contribution in [0.4, 0.5) is 4.39 Å². The Morgan fingerprint density at radius 2 is 1.52 bits per heavy atom. The third-order valence-corrected chi connectivity index (χ3v) is 4.59. The van der Waals surface area contributed by atoms with E-state index in [0.717, 1.165) is 6.26 Å². The molecule has 0 spiro atoms. The number of sulfone groups is 1. The molecule has 5 nitrogen and oxygen atoms in total. The minimum absolute atomic E-state index is 0.0552. The third kappa shape index (κ3) is 5.49. The van der Waals surface area contributed by atoms with E-state index in [4.69, 9.17) is 4.74 Å². The first-order valence-corrected chi connectivity index (χ1v) is 9.42. The van der Waals surface area contributed by atoms with E-state index in [2.05, 4.69) is 0 Å². The molecule has 0 saturated heterocycles. The Balaban J connectivity index is 1.80. The molecule has 0 aliphatic rings. The Kier molecular flexibility index (Phi) is 6.03. The van der Waals surface area contributed by atoms with Crippen LogP contribution >= 0.6 is 0 Å². The predicted molar refractivity (Wildman–Crippen MR) is 89.8 cm³/mol. The van der Waals surface area contributed by atoms with Gasteiger partial charge in [0.15, 0.2) is 15.6 Å². The smallest absolute Gasteiger partial charge is 0.338 e. The van der Waals surface area contributed by atoms with Gasteiger partial charge >= 0.3 is 5.97 Å². The SMILES string of the molecule is CS(=O)(=O)c1ccc(C(=O)OCCCC(=O)c2ccc(F)cc2)cc1. The van der Waals surface area contributed by atoms with E-state index in [1.54, 1.807) is 0 Å². The molecule has 0 heterocycles. The molecular weight excluding hydrogens is 347 g/mol. The van der Waals surface area contributed by atoms with Crippen molar-refractivity contribution in [1.82, 2.24) is 0 Å². The zero-order chi connectivity index (χ0) is 18.4. The molecule has 25 heavy (non-hydrogen) atoms. The first kappa shape index (κ1) is 18.8. The second kappa shape index (κ2) is 8.02. The van der Waals surface area contributed by atoms with Gasteiger partial charge in [0, 0.05) is 18.2 Å². The van der Waals surface area contributed by atoms with Crippen LogP contribution in [-0.2, 0) is 14.6 Å². The average molecular weight is 364 g/mol. The van der Waals surface area contributed by atoms with Gasteiger partial charge in [0.1, 0.15) is 5.82 Å². The van der Waals surface area contributed by atoms with Crippen LogP contribution in [0.1, 0.15) is 33.6 Å². The Morgan fingerprint density at radius 1 is 0.960 bits per heavy atom. The molecule has 0 N–H and O–H groups in total. The summed E-state index contributed by atoms with van der Waals surface area (Å²) in [6.07, 6.45) is 1.59. The maximum absolute atomic E-state index is 12.8. The summed E-state index contributed by atoms with van der Waals surface area (Å²) in [5.41, 5.74) is 0.640. The molecule has 0 saturated carbocycles. The van der Waals surface area contributed by atoms with Crippen molar-refractivity contribution in [3.63, 3.8) is 0 Å². The largest absolute Gasteiger partial charge is 0.462 e. The first-order chi connectivity index (χ1) is 11.8. The van der Waals surface area contributed by atoms with Crippen molar-refractivity contribution in [1.29, 1.82) is 0 Å². The summed E-state index contributed by atoms with van der Waals surface area (Å²) in [4.78, 5) is 23.9. The van der Waals surface area contributed by atoms with Crippen molar-refractivity contribution in [3.8, 4) is 0 Å². The Hall–Kier alpha value is -2.54. The molecule has 0 aromatic heterocycles. The van der Waals surface area contributed by atoms with Crippen LogP contribution < -0.4 is 0 Å². The van der Waals surface area contributed by atoms with Gasteiger partial charge in [-0.2, -0.15) is 0 Å².